The molecule has 0 spiro atoms. The molecule has 1 aliphatic heterocycles. The van der Waals surface area contributed by atoms with Gasteiger partial charge in [-0.2, -0.15) is 0 Å². The Morgan fingerprint density at radius 1 is 1.47 bits per heavy atom. The Morgan fingerprint density at radius 2 is 2.26 bits per heavy atom. The highest BCUT2D eigenvalue weighted by Gasteiger charge is 2.30. The Kier molecular flexibility index (Phi) is 4.59. The topological polar surface area (TPSA) is 46.3 Å². The first-order valence-electron chi connectivity index (χ1n) is 7.15. The minimum atomic E-state index is 0.268. The van der Waals surface area contributed by atoms with Crippen molar-refractivity contribution in [3.05, 3.63) is 35.4 Å². The molecule has 1 heterocycles. The normalized spacial score (nSPS) is 22.8. The van der Waals surface area contributed by atoms with Crippen LogP contribution in [0, 0.1) is 12.8 Å². The minimum absolute atomic E-state index is 0.268. The molecule has 1 aromatic carbocycles. The van der Waals surface area contributed by atoms with Crippen LogP contribution in [0.3, 0.4) is 0 Å². The highest BCUT2D eigenvalue weighted by atomic mass is 16.2. The zero-order chi connectivity index (χ0) is 13.8. The Hall–Kier alpha value is -1.35. The monoisotopic (exact) mass is 260 g/mol. The van der Waals surface area contributed by atoms with Crippen LogP contribution >= 0.6 is 0 Å². The lowest BCUT2D eigenvalue weighted by atomic mass is 10.1. The van der Waals surface area contributed by atoms with E-state index in [1.165, 1.54) is 11.1 Å². The van der Waals surface area contributed by atoms with Crippen LogP contribution in [0.5, 0.6) is 0 Å². The van der Waals surface area contributed by atoms with Crippen molar-refractivity contribution >= 4 is 5.91 Å². The number of carbonyl (C=O) groups is 1. The van der Waals surface area contributed by atoms with Crippen molar-refractivity contribution in [3.8, 4) is 0 Å². The van der Waals surface area contributed by atoms with E-state index in [-0.39, 0.29) is 5.91 Å². The van der Waals surface area contributed by atoms with Crippen LogP contribution in [0.15, 0.2) is 24.3 Å². The van der Waals surface area contributed by atoms with Crippen molar-refractivity contribution in [1.82, 2.24) is 4.90 Å². The molecule has 0 aliphatic carbocycles. The van der Waals surface area contributed by atoms with Crippen LogP contribution in [0.1, 0.15) is 30.9 Å². The molecule has 0 radical (unpaired) electrons. The summed E-state index contributed by atoms with van der Waals surface area (Å²) in [6.45, 7) is 5.73. The van der Waals surface area contributed by atoms with E-state index in [1.54, 1.807) is 0 Å². The summed E-state index contributed by atoms with van der Waals surface area (Å²) in [6, 6.07) is 8.73. The molecular formula is C16H24N2O. The third-order valence-corrected chi connectivity index (χ3v) is 4.03. The Bertz CT molecular complexity index is 444. The summed E-state index contributed by atoms with van der Waals surface area (Å²) in [4.78, 5) is 14.3. The van der Waals surface area contributed by atoms with Crippen molar-refractivity contribution in [3.63, 3.8) is 0 Å². The minimum Gasteiger partial charge on any atom is -0.340 e. The molecule has 1 aliphatic rings. The summed E-state index contributed by atoms with van der Waals surface area (Å²) < 4.78 is 0. The molecular weight excluding hydrogens is 236 g/mol. The summed E-state index contributed by atoms with van der Waals surface area (Å²) in [7, 11) is 0. The van der Waals surface area contributed by atoms with Crippen LogP contribution in [0.2, 0.25) is 0 Å². The van der Waals surface area contributed by atoms with Gasteiger partial charge in [0.25, 0.3) is 0 Å². The molecule has 0 bridgehead atoms. The van der Waals surface area contributed by atoms with Crippen molar-refractivity contribution in [2.45, 2.75) is 39.2 Å². The number of amides is 1. The molecule has 0 saturated carbocycles. The Balaban J connectivity index is 1.88. The summed E-state index contributed by atoms with van der Waals surface area (Å²) in [5.41, 5.74) is 8.20. The van der Waals surface area contributed by atoms with Crippen LogP contribution < -0.4 is 5.73 Å². The number of hydrogen-bond acceptors (Lipinski definition) is 2. The molecule has 0 aromatic heterocycles. The molecule has 2 atom stereocenters. The Morgan fingerprint density at radius 3 is 2.89 bits per heavy atom. The van der Waals surface area contributed by atoms with Crippen LogP contribution in [0.25, 0.3) is 0 Å². The van der Waals surface area contributed by atoms with Gasteiger partial charge in [0.1, 0.15) is 0 Å². The van der Waals surface area contributed by atoms with Crippen LogP contribution in [-0.4, -0.2) is 29.9 Å². The first-order valence-corrected chi connectivity index (χ1v) is 7.15. The van der Waals surface area contributed by atoms with Gasteiger partial charge in [0.05, 0.1) is 0 Å². The maximum Gasteiger partial charge on any atom is 0.223 e. The van der Waals surface area contributed by atoms with Gasteiger partial charge in [-0.15, -0.1) is 0 Å². The summed E-state index contributed by atoms with van der Waals surface area (Å²) in [5.74, 6) is 0.753. The van der Waals surface area contributed by atoms with E-state index in [4.69, 9.17) is 5.73 Å². The van der Waals surface area contributed by atoms with Crippen LogP contribution in [-0.2, 0) is 11.2 Å². The Labute approximate surface area is 115 Å². The number of likely N-dealkylation sites (tertiary alicyclic amines) is 1. The molecule has 1 fully saturated rings. The van der Waals surface area contributed by atoms with E-state index in [0.717, 1.165) is 19.4 Å². The summed E-state index contributed by atoms with van der Waals surface area (Å²) in [5, 5.41) is 0. The molecule has 2 N–H and O–H groups in total. The predicted octanol–water partition coefficient (Wildman–Crippen LogP) is 2.12. The second-order valence-corrected chi connectivity index (χ2v) is 5.72. The summed E-state index contributed by atoms with van der Waals surface area (Å²) >= 11 is 0. The zero-order valence-electron chi connectivity index (χ0n) is 11.9. The lowest BCUT2D eigenvalue weighted by molar-refractivity contribution is -0.131. The maximum absolute atomic E-state index is 12.3. The SMILES string of the molecule is Cc1cccc(CCC(=O)N2CC(CN)CC2C)c1. The number of carbonyl (C=O) groups excluding carboxylic acids is 1. The van der Waals surface area contributed by atoms with E-state index in [2.05, 4.69) is 38.1 Å². The van der Waals surface area contributed by atoms with E-state index in [9.17, 15) is 4.79 Å². The molecule has 104 valence electrons. The van der Waals surface area contributed by atoms with E-state index >= 15 is 0 Å². The van der Waals surface area contributed by atoms with Gasteiger partial charge < -0.3 is 10.6 Å². The second-order valence-electron chi connectivity index (χ2n) is 5.72. The largest absolute Gasteiger partial charge is 0.340 e. The van der Waals surface area contributed by atoms with Gasteiger partial charge in [0.15, 0.2) is 0 Å². The predicted molar refractivity (Wildman–Crippen MR) is 77.8 cm³/mol. The third kappa shape index (κ3) is 3.57. The van der Waals surface area contributed by atoms with Gasteiger partial charge in [-0.1, -0.05) is 29.8 Å². The van der Waals surface area contributed by atoms with Crippen LogP contribution in [0.4, 0.5) is 0 Å². The van der Waals surface area contributed by atoms with Gasteiger partial charge in [-0.3, -0.25) is 4.79 Å². The van der Waals surface area contributed by atoms with E-state index in [1.807, 2.05) is 4.90 Å². The van der Waals surface area contributed by atoms with Gasteiger partial charge in [0, 0.05) is 19.0 Å². The van der Waals surface area contributed by atoms with E-state index in [0.29, 0.717) is 24.9 Å². The average molecular weight is 260 g/mol. The summed E-state index contributed by atoms with van der Waals surface area (Å²) in [6.07, 6.45) is 2.48. The molecule has 19 heavy (non-hydrogen) atoms. The number of benzene rings is 1. The third-order valence-electron chi connectivity index (χ3n) is 4.03. The molecule has 1 amide bonds. The van der Waals surface area contributed by atoms with Crippen molar-refractivity contribution in [2.24, 2.45) is 11.7 Å². The highest BCUT2D eigenvalue weighted by molar-refractivity contribution is 5.77. The fourth-order valence-electron chi connectivity index (χ4n) is 2.92. The van der Waals surface area contributed by atoms with Gasteiger partial charge in [0.2, 0.25) is 5.91 Å². The standard InChI is InChI=1S/C16H24N2O/c1-12-4-3-5-14(8-12)6-7-16(19)18-11-15(10-17)9-13(18)2/h3-5,8,13,15H,6-7,9-11,17H2,1-2H3. The number of nitrogens with zero attached hydrogens (tertiary/aromatic N) is 1. The van der Waals surface area contributed by atoms with Gasteiger partial charge >= 0.3 is 0 Å². The molecule has 2 unspecified atom stereocenters. The van der Waals surface area contributed by atoms with Crippen molar-refractivity contribution in [1.29, 1.82) is 0 Å². The molecule has 3 nitrogen and oxygen atoms in total. The highest BCUT2D eigenvalue weighted by Crippen LogP contribution is 2.23. The average Bonchev–Trinajstić information content (AvgIpc) is 2.77. The van der Waals surface area contributed by atoms with Crippen molar-refractivity contribution < 1.29 is 4.79 Å². The molecule has 1 aromatic rings. The fraction of sp³-hybridized carbons (Fsp3) is 0.562. The number of rotatable bonds is 4. The van der Waals surface area contributed by atoms with Crippen molar-refractivity contribution in [2.75, 3.05) is 13.1 Å². The lowest BCUT2D eigenvalue weighted by Gasteiger charge is -2.21. The fourth-order valence-corrected chi connectivity index (χ4v) is 2.92. The molecule has 1 saturated heterocycles. The zero-order valence-corrected chi connectivity index (χ0v) is 11.9. The van der Waals surface area contributed by atoms with E-state index < -0.39 is 0 Å². The molecule has 2 rings (SSSR count). The first kappa shape index (κ1) is 14.1. The smallest absolute Gasteiger partial charge is 0.223 e. The molecule has 3 heteroatoms. The number of hydrogen-bond donors (Lipinski definition) is 1. The lowest BCUT2D eigenvalue weighted by Crippen LogP contribution is -2.34. The first-order chi connectivity index (χ1) is 9.10. The van der Waals surface area contributed by atoms with Gasteiger partial charge in [-0.25, -0.2) is 0 Å². The quantitative estimate of drug-likeness (QED) is 0.901. The second kappa shape index (κ2) is 6.20. The number of nitrogens with two attached hydrogens (primary N) is 1. The van der Waals surface area contributed by atoms with Gasteiger partial charge in [-0.05, 0) is 44.7 Å². The number of aryl methyl sites for hydroxylation is 2. The maximum atomic E-state index is 12.3.